The van der Waals surface area contributed by atoms with Crippen molar-refractivity contribution < 1.29 is 32.6 Å². The average Bonchev–Trinajstić information content (AvgIpc) is 2.91. The molecule has 0 saturated carbocycles. The number of anilines is 1. The standard InChI is InChI=1S/C18H14F3N3O4/c19-18(20,21)14-2-1-3-15(23-14)28-12-6-4-11(5-7-12)22-13-10-16(26)24(8-9-25)17(13)27/h1-7,10,22,25H,8-9H2. The molecule has 2 amide bonds. The molecule has 2 aromatic rings. The molecule has 146 valence electrons. The zero-order chi connectivity index (χ0) is 20.3. The smallest absolute Gasteiger partial charge is 0.433 e. The highest BCUT2D eigenvalue weighted by atomic mass is 19.4. The van der Waals surface area contributed by atoms with Crippen molar-refractivity contribution in [2.45, 2.75) is 6.18 Å². The van der Waals surface area contributed by atoms with Crippen molar-refractivity contribution >= 4 is 17.5 Å². The molecule has 0 unspecified atom stereocenters. The summed E-state index contributed by atoms with van der Waals surface area (Å²) in [5, 5.41) is 11.7. The van der Waals surface area contributed by atoms with E-state index in [1.165, 1.54) is 36.4 Å². The average molecular weight is 393 g/mol. The van der Waals surface area contributed by atoms with E-state index in [1.807, 2.05) is 0 Å². The van der Waals surface area contributed by atoms with Gasteiger partial charge in [-0.3, -0.25) is 14.5 Å². The predicted molar refractivity (Wildman–Crippen MR) is 91.3 cm³/mol. The molecule has 0 aliphatic carbocycles. The number of nitrogens with one attached hydrogen (secondary N) is 1. The zero-order valence-electron chi connectivity index (χ0n) is 14.2. The molecular formula is C18H14F3N3O4. The third kappa shape index (κ3) is 4.29. The number of alkyl halides is 3. The highest BCUT2D eigenvalue weighted by Crippen LogP contribution is 2.30. The number of nitrogens with zero attached hydrogens (tertiary/aromatic N) is 2. The Labute approximate surface area is 157 Å². The maximum atomic E-state index is 12.7. The van der Waals surface area contributed by atoms with Crippen molar-refractivity contribution in [3.05, 3.63) is 59.9 Å². The van der Waals surface area contributed by atoms with Crippen LogP contribution in [0.1, 0.15) is 5.69 Å². The number of pyridine rings is 1. The second-order valence-electron chi connectivity index (χ2n) is 5.69. The third-order valence-corrected chi connectivity index (χ3v) is 3.70. The van der Waals surface area contributed by atoms with E-state index in [0.717, 1.165) is 17.0 Å². The molecule has 0 atom stereocenters. The predicted octanol–water partition coefficient (Wildman–Crippen LogP) is 2.55. The van der Waals surface area contributed by atoms with Crippen LogP contribution in [-0.4, -0.2) is 40.0 Å². The van der Waals surface area contributed by atoms with Gasteiger partial charge in [-0.25, -0.2) is 4.98 Å². The largest absolute Gasteiger partial charge is 0.439 e. The number of aromatic nitrogens is 1. The summed E-state index contributed by atoms with van der Waals surface area (Å²) in [5.74, 6) is -1.07. The van der Waals surface area contributed by atoms with Gasteiger partial charge >= 0.3 is 6.18 Å². The summed E-state index contributed by atoms with van der Waals surface area (Å²) >= 11 is 0. The lowest BCUT2D eigenvalue weighted by molar-refractivity contribution is -0.141. The van der Waals surface area contributed by atoms with Gasteiger partial charge in [-0.1, -0.05) is 6.07 Å². The first-order valence-corrected chi connectivity index (χ1v) is 8.05. The van der Waals surface area contributed by atoms with Crippen LogP contribution in [0, 0.1) is 0 Å². The molecule has 1 aliphatic heterocycles. The second kappa shape index (κ2) is 7.69. The van der Waals surface area contributed by atoms with Gasteiger partial charge in [0.25, 0.3) is 11.8 Å². The molecule has 7 nitrogen and oxygen atoms in total. The highest BCUT2D eigenvalue weighted by Gasteiger charge is 2.33. The van der Waals surface area contributed by atoms with Gasteiger partial charge in [-0.05, 0) is 30.3 Å². The molecule has 0 bridgehead atoms. The van der Waals surface area contributed by atoms with E-state index < -0.39 is 23.7 Å². The number of imide groups is 1. The molecule has 1 aliphatic rings. The lowest BCUT2D eigenvalue weighted by atomic mass is 10.3. The van der Waals surface area contributed by atoms with Gasteiger partial charge in [0.1, 0.15) is 17.1 Å². The van der Waals surface area contributed by atoms with Gasteiger partial charge in [-0.2, -0.15) is 13.2 Å². The molecule has 1 aromatic heterocycles. The Kier molecular flexibility index (Phi) is 5.32. The van der Waals surface area contributed by atoms with Crippen LogP contribution >= 0.6 is 0 Å². The molecule has 28 heavy (non-hydrogen) atoms. The van der Waals surface area contributed by atoms with Crippen LogP contribution < -0.4 is 10.1 Å². The van der Waals surface area contributed by atoms with E-state index in [-0.39, 0.29) is 30.5 Å². The topological polar surface area (TPSA) is 91.8 Å². The van der Waals surface area contributed by atoms with E-state index in [2.05, 4.69) is 10.3 Å². The monoisotopic (exact) mass is 393 g/mol. The molecule has 0 fully saturated rings. The minimum Gasteiger partial charge on any atom is -0.439 e. The summed E-state index contributed by atoms with van der Waals surface area (Å²) in [5.41, 5.74) is -0.554. The summed E-state index contributed by atoms with van der Waals surface area (Å²) < 4.78 is 43.4. The first-order valence-electron chi connectivity index (χ1n) is 8.05. The first kappa shape index (κ1) is 19.4. The number of aliphatic hydroxyl groups is 1. The third-order valence-electron chi connectivity index (χ3n) is 3.70. The van der Waals surface area contributed by atoms with Crippen LogP contribution in [0.15, 0.2) is 54.2 Å². The molecule has 1 aromatic carbocycles. The van der Waals surface area contributed by atoms with Gasteiger partial charge in [0.2, 0.25) is 5.88 Å². The van der Waals surface area contributed by atoms with E-state index in [4.69, 9.17) is 9.84 Å². The molecular weight excluding hydrogens is 379 g/mol. The molecule has 10 heteroatoms. The lowest BCUT2D eigenvalue weighted by Crippen LogP contribution is -2.34. The van der Waals surface area contributed by atoms with Crippen LogP contribution in [0.25, 0.3) is 0 Å². The molecule has 2 heterocycles. The zero-order valence-corrected chi connectivity index (χ0v) is 14.2. The Bertz CT molecular complexity index is 926. The number of amides is 2. The number of benzene rings is 1. The normalized spacial score (nSPS) is 14.3. The molecule has 0 saturated heterocycles. The number of rotatable bonds is 6. The van der Waals surface area contributed by atoms with Crippen LogP contribution in [0.3, 0.4) is 0 Å². The van der Waals surface area contributed by atoms with Crippen molar-refractivity contribution in [3.8, 4) is 11.6 Å². The number of hydrogen-bond donors (Lipinski definition) is 2. The van der Waals surface area contributed by atoms with Gasteiger partial charge < -0.3 is 15.2 Å². The minimum atomic E-state index is -4.57. The van der Waals surface area contributed by atoms with Gasteiger partial charge in [0.15, 0.2) is 0 Å². The maximum Gasteiger partial charge on any atom is 0.433 e. The first-order chi connectivity index (χ1) is 13.3. The fourth-order valence-corrected chi connectivity index (χ4v) is 2.42. The van der Waals surface area contributed by atoms with Crippen LogP contribution in [0.5, 0.6) is 11.6 Å². The van der Waals surface area contributed by atoms with Gasteiger partial charge in [-0.15, -0.1) is 0 Å². The Morgan fingerprint density at radius 1 is 1.11 bits per heavy atom. The molecule has 3 rings (SSSR count). The van der Waals surface area contributed by atoms with Crippen molar-refractivity contribution in [1.29, 1.82) is 0 Å². The second-order valence-corrected chi connectivity index (χ2v) is 5.69. The molecule has 0 spiro atoms. The summed E-state index contributed by atoms with van der Waals surface area (Å²) in [7, 11) is 0. The van der Waals surface area contributed by atoms with E-state index in [1.54, 1.807) is 0 Å². The quantitative estimate of drug-likeness (QED) is 0.733. The van der Waals surface area contributed by atoms with Crippen LogP contribution in [0.2, 0.25) is 0 Å². The number of hydrogen-bond acceptors (Lipinski definition) is 6. The summed E-state index contributed by atoms with van der Waals surface area (Å²) in [6.07, 6.45) is -3.45. The number of carbonyl (C=O) groups excluding carboxylic acids is 2. The van der Waals surface area contributed by atoms with Crippen LogP contribution in [0.4, 0.5) is 18.9 Å². The highest BCUT2D eigenvalue weighted by molar-refractivity contribution is 6.17. The van der Waals surface area contributed by atoms with Crippen molar-refractivity contribution in [3.63, 3.8) is 0 Å². The number of halogens is 3. The number of aliphatic hydroxyl groups excluding tert-OH is 1. The number of β-amino-alcohol motifs (C(OH)–C–C–N with tert-alkyl or cyclic N) is 1. The van der Waals surface area contributed by atoms with Crippen molar-refractivity contribution in [1.82, 2.24) is 9.88 Å². The molecule has 0 radical (unpaired) electrons. The van der Waals surface area contributed by atoms with Gasteiger partial charge in [0.05, 0.1) is 13.2 Å². The SMILES string of the molecule is O=C1C=C(Nc2ccc(Oc3cccc(C(F)(F)F)n3)cc2)C(=O)N1CCO. The van der Waals surface area contributed by atoms with E-state index in [9.17, 15) is 22.8 Å². The summed E-state index contributed by atoms with van der Waals surface area (Å²) in [4.78, 5) is 28.1. The summed E-state index contributed by atoms with van der Waals surface area (Å²) in [6.45, 7) is -0.440. The Hall–Kier alpha value is -3.40. The van der Waals surface area contributed by atoms with E-state index in [0.29, 0.717) is 5.69 Å². The Morgan fingerprint density at radius 3 is 2.46 bits per heavy atom. The Morgan fingerprint density at radius 2 is 1.82 bits per heavy atom. The van der Waals surface area contributed by atoms with Crippen molar-refractivity contribution in [2.24, 2.45) is 0 Å². The fraction of sp³-hybridized carbons (Fsp3) is 0.167. The number of carbonyl (C=O) groups is 2. The van der Waals surface area contributed by atoms with Crippen molar-refractivity contribution in [2.75, 3.05) is 18.5 Å². The molecule has 2 N–H and O–H groups in total. The number of ether oxygens (including phenoxy) is 1. The van der Waals surface area contributed by atoms with Crippen LogP contribution in [-0.2, 0) is 15.8 Å². The Balaban J connectivity index is 1.67. The van der Waals surface area contributed by atoms with E-state index >= 15 is 0 Å². The minimum absolute atomic E-state index is 0.0478. The lowest BCUT2D eigenvalue weighted by Gasteiger charge is -2.13. The summed E-state index contributed by atoms with van der Waals surface area (Å²) in [6, 6.07) is 9.31. The fourth-order valence-electron chi connectivity index (χ4n) is 2.42. The van der Waals surface area contributed by atoms with Gasteiger partial charge in [0, 0.05) is 17.8 Å². The maximum absolute atomic E-state index is 12.7.